The molecule has 0 radical (unpaired) electrons. The third-order valence-electron chi connectivity index (χ3n) is 6.74. The van der Waals surface area contributed by atoms with Crippen LogP contribution in [-0.2, 0) is 9.47 Å². The molecule has 2 atom stereocenters. The number of hydrogen-bond acceptors (Lipinski definition) is 8. The number of aromatic nitrogens is 2. The molecule has 9 nitrogen and oxygen atoms in total. The van der Waals surface area contributed by atoms with E-state index in [9.17, 15) is 9.59 Å². The number of nitrogens with zero attached hydrogens (tertiary/aromatic N) is 4. The van der Waals surface area contributed by atoms with Gasteiger partial charge in [-0.1, -0.05) is 12.1 Å². The van der Waals surface area contributed by atoms with Crippen LogP contribution in [0.2, 0.25) is 0 Å². The van der Waals surface area contributed by atoms with Crippen molar-refractivity contribution in [1.29, 1.82) is 0 Å². The molecule has 1 aromatic carbocycles. The molecule has 2 heterocycles. The maximum absolute atomic E-state index is 13.2. The highest BCUT2D eigenvalue weighted by Crippen LogP contribution is 2.46. The summed E-state index contributed by atoms with van der Waals surface area (Å²) in [6, 6.07) is 8.25. The van der Waals surface area contributed by atoms with Gasteiger partial charge < -0.3 is 24.0 Å². The highest BCUT2D eigenvalue weighted by molar-refractivity contribution is 5.88. The zero-order chi connectivity index (χ0) is 25.9. The van der Waals surface area contributed by atoms with Gasteiger partial charge in [0.15, 0.2) is 0 Å². The van der Waals surface area contributed by atoms with Gasteiger partial charge in [-0.05, 0) is 63.6 Å². The van der Waals surface area contributed by atoms with Crippen molar-refractivity contribution in [3.8, 4) is 5.75 Å². The molecule has 1 saturated carbocycles. The normalized spacial score (nSPS) is 20.0. The second kappa shape index (κ2) is 10.7. The van der Waals surface area contributed by atoms with Crippen LogP contribution in [0, 0.1) is 5.92 Å². The quantitative estimate of drug-likeness (QED) is 0.524. The maximum Gasteiger partial charge on any atom is 0.410 e. The second-order valence-electron chi connectivity index (χ2n) is 10.5. The minimum Gasteiger partial charge on any atom is -0.497 e. The van der Waals surface area contributed by atoms with E-state index in [-0.39, 0.29) is 12.1 Å². The van der Waals surface area contributed by atoms with Gasteiger partial charge in [-0.25, -0.2) is 19.6 Å². The van der Waals surface area contributed by atoms with Crippen LogP contribution in [0.1, 0.15) is 61.9 Å². The second-order valence-corrected chi connectivity index (χ2v) is 10.5. The van der Waals surface area contributed by atoms with E-state index in [1.807, 2.05) is 37.8 Å². The van der Waals surface area contributed by atoms with E-state index in [2.05, 4.69) is 27.0 Å². The number of amides is 1. The van der Waals surface area contributed by atoms with Gasteiger partial charge in [0.1, 0.15) is 11.4 Å². The zero-order valence-corrected chi connectivity index (χ0v) is 21.8. The number of piperidine rings is 1. The van der Waals surface area contributed by atoms with Gasteiger partial charge >= 0.3 is 12.1 Å². The first-order valence-corrected chi connectivity index (χ1v) is 12.5. The molecular weight excluding hydrogens is 460 g/mol. The molecule has 36 heavy (non-hydrogen) atoms. The Bertz CT molecular complexity index is 1040. The number of esters is 1. The van der Waals surface area contributed by atoms with Crippen molar-refractivity contribution in [1.82, 2.24) is 14.9 Å². The molecule has 1 aromatic heterocycles. The van der Waals surface area contributed by atoms with Gasteiger partial charge in [0.2, 0.25) is 5.95 Å². The van der Waals surface area contributed by atoms with Crippen molar-refractivity contribution >= 4 is 18.0 Å². The molecule has 1 aliphatic carbocycles. The molecular formula is C27H36N4O5. The van der Waals surface area contributed by atoms with Crippen LogP contribution in [0.3, 0.4) is 0 Å². The Hall–Kier alpha value is -3.36. The van der Waals surface area contributed by atoms with Crippen molar-refractivity contribution in [2.24, 2.45) is 5.92 Å². The summed E-state index contributed by atoms with van der Waals surface area (Å²) >= 11 is 0. The van der Waals surface area contributed by atoms with Crippen molar-refractivity contribution < 1.29 is 23.8 Å². The van der Waals surface area contributed by atoms with E-state index in [1.54, 1.807) is 7.11 Å². The standard InChI is InChI=1S/C27H36N4O5/c1-27(2,3)36-26(33)31(23-14-22(23)19-6-8-21(34-4)9-7-19)17-18-10-12-30(13-11-18)25-28-15-20(16-29-25)24(32)35-5/h6-9,15-16,18,22-23H,10-14,17H2,1-5H3. The Morgan fingerprint density at radius 1 is 1.06 bits per heavy atom. The average molecular weight is 497 g/mol. The number of anilines is 1. The SMILES string of the molecule is COC(=O)c1cnc(N2CCC(CN(C(=O)OC(C)(C)C)C3CC3c3ccc(OC)cc3)CC2)nc1. The van der Waals surface area contributed by atoms with Crippen LogP contribution in [-0.4, -0.2) is 72.4 Å². The zero-order valence-electron chi connectivity index (χ0n) is 21.8. The summed E-state index contributed by atoms with van der Waals surface area (Å²) < 4.78 is 15.8. The third kappa shape index (κ3) is 6.25. The molecule has 2 fully saturated rings. The van der Waals surface area contributed by atoms with Crippen LogP contribution >= 0.6 is 0 Å². The Kier molecular flexibility index (Phi) is 7.66. The topological polar surface area (TPSA) is 94.1 Å². The Labute approximate surface area is 212 Å². The molecule has 2 aliphatic rings. The van der Waals surface area contributed by atoms with Gasteiger partial charge in [-0.3, -0.25) is 0 Å². The summed E-state index contributed by atoms with van der Waals surface area (Å²) in [5.74, 6) is 1.66. The molecule has 1 amide bonds. The lowest BCUT2D eigenvalue weighted by atomic mass is 9.96. The highest BCUT2D eigenvalue weighted by Gasteiger charge is 2.46. The van der Waals surface area contributed by atoms with Gasteiger partial charge in [-0.15, -0.1) is 0 Å². The van der Waals surface area contributed by atoms with Gasteiger partial charge in [-0.2, -0.15) is 0 Å². The minimum absolute atomic E-state index is 0.139. The van der Waals surface area contributed by atoms with E-state index in [1.165, 1.54) is 25.1 Å². The summed E-state index contributed by atoms with van der Waals surface area (Å²) in [4.78, 5) is 37.6. The number of ether oxygens (including phenoxy) is 3. The number of carbonyl (C=O) groups excluding carboxylic acids is 2. The van der Waals surface area contributed by atoms with Gasteiger partial charge in [0.05, 0.1) is 19.8 Å². The summed E-state index contributed by atoms with van der Waals surface area (Å²) in [5, 5.41) is 0. The molecule has 1 aliphatic heterocycles. The van der Waals surface area contributed by atoms with Crippen LogP contribution in [0.15, 0.2) is 36.7 Å². The molecule has 0 spiro atoms. The lowest BCUT2D eigenvalue weighted by Gasteiger charge is -2.35. The van der Waals surface area contributed by atoms with E-state index in [4.69, 9.17) is 14.2 Å². The van der Waals surface area contributed by atoms with Crippen LogP contribution in [0.25, 0.3) is 0 Å². The van der Waals surface area contributed by atoms with Crippen LogP contribution < -0.4 is 9.64 Å². The largest absolute Gasteiger partial charge is 0.497 e. The van der Waals surface area contributed by atoms with Crippen LogP contribution in [0.4, 0.5) is 10.7 Å². The first-order valence-electron chi connectivity index (χ1n) is 12.5. The smallest absolute Gasteiger partial charge is 0.410 e. The van der Waals surface area contributed by atoms with E-state index < -0.39 is 11.6 Å². The minimum atomic E-state index is -0.545. The molecule has 0 bridgehead atoms. The Morgan fingerprint density at radius 3 is 2.25 bits per heavy atom. The fraction of sp³-hybridized carbons (Fsp3) is 0.556. The summed E-state index contributed by atoms with van der Waals surface area (Å²) in [7, 11) is 3.00. The summed E-state index contributed by atoms with van der Waals surface area (Å²) in [6.07, 6.45) is 5.52. The fourth-order valence-corrected chi connectivity index (χ4v) is 4.70. The molecule has 194 valence electrons. The number of rotatable bonds is 7. The molecule has 9 heteroatoms. The summed E-state index contributed by atoms with van der Waals surface area (Å²) in [6.45, 7) is 7.96. The predicted molar refractivity (Wildman–Crippen MR) is 135 cm³/mol. The summed E-state index contributed by atoms with van der Waals surface area (Å²) in [5.41, 5.74) is 1.01. The lowest BCUT2D eigenvalue weighted by Crippen LogP contribution is -2.44. The highest BCUT2D eigenvalue weighted by atomic mass is 16.6. The van der Waals surface area contributed by atoms with Crippen molar-refractivity contribution in [3.05, 3.63) is 47.8 Å². The van der Waals surface area contributed by atoms with Crippen molar-refractivity contribution in [2.45, 2.75) is 57.6 Å². The number of carbonyl (C=O) groups is 2. The molecule has 2 aromatic rings. The van der Waals surface area contributed by atoms with Crippen LogP contribution in [0.5, 0.6) is 5.75 Å². The Morgan fingerprint density at radius 2 is 1.69 bits per heavy atom. The monoisotopic (exact) mass is 496 g/mol. The van der Waals surface area contributed by atoms with Crippen molar-refractivity contribution in [3.63, 3.8) is 0 Å². The lowest BCUT2D eigenvalue weighted by molar-refractivity contribution is 0.0190. The molecule has 2 unspecified atom stereocenters. The van der Waals surface area contributed by atoms with E-state index >= 15 is 0 Å². The van der Waals surface area contributed by atoms with Crippen molar-refractivity contribution in [2.75, 3.05) is 38.8 Å². The first-order chi connectivity index (χ1) is 17.2. The molecule has 1 saturated heterocycles. The first kappa shape index (κ1) is 25.7. The predicted octanol–water partition coefficient (Wildman–Crippen LogP) is 4.28. The molecule has 0 N–H and O–H groups in total. The Balaban J connectivity index is 1.38. The molecule has 4 rings (SSSR count). The van der Waals surface area contributed by atoms with Gasteiger partial charge in [0, 0.05) is 44.0 Å². The average Bonchev–Trinajstić information content (AvgIpc) is 3.67. The number of hydrogen-bond donors (Lipinski definition) is 0. The van der Waals surface area contributed by atoms with E-state index in [0.29, 0.717) is 29.9 Å². The number of benzene rings is 1. The number of methoxy groups -OCH3 is 2. The third-order valence-corrected chi connectivity index (χ3v) is 6.74. The van der Waals surface area contributed by atoms with E-state index in [0.717, 1.165) is 38.1 Å². The maximum atomic E-state index is 13.2. The van der Waals surface area contributed by atoms with Gasteiger partial charge in [0.25, 0.3) is 0 Å². The fourth-order valence-electron chi connectivity index (χ4n) is 4.70.